The van der Waals surface area contributed by atoms with Crippen LogP contribution in [0.5, 0.6) is 17.2 Å². The van der Waals surface area contributed by atoms with Gasteiger partial charge in [0, 0.05) is 43.2 Å². The number of ether oxygens (including phenoxy) is 2. The van der Waals surface area contributed by atoms with Gasteiger partial charge < -0.3 is 14.4 Å². The van der Waals surface area contributed by atoms with E-state index in [0.717, 1.165) is 0 Å². The summed E-state index contributed by atoms with van der Waals surface area (Å²) in [7, 11) is 1.73. The summed E-state index contributed by atoms with van der Waals surface area (Å²) in [5.74, 6) is 0.737. The molecule has 2 heterocycles. The lowest BCUT2D eigenvalue weighted by Gasteiger charge is -2.15. The fourth-order valence-corrected chi connectivity index (χ4v) is 3.61. The number of anilines is 1. The molecule has 1 aromatic heterocycles. The van der Waals surface area contributed by atoms with Gasteiger partial charge in [-0.2, -0.15) is 5.26 Å². The van der Waals surface area contributed by atoms with Crippen LogP contribution in [0.1, 0.15) is 22.3 Å². The highest BCUT2D eigenvalue weighted by atomic mass is 32.1. The van der Waals surface area contributed by atoms with Gasteiger partial charge >= 0.3 is 0 Å². The Labute approximate surface area is 182 Å². The molecule has 2 aromatic carbocycles. The van der Waals surface area contributed by atoms with Crippen LogP contribution < -0.4 is 14.8 Å². The summed E-state index contributed by atoms with van der Waals surface area (Å²) in [5, 5.41) is 13.9. The van der Waals surface area contributed by atoms with Crippen LogP contribution in [-0.2, 0) is 4.79 Å². The van der Waals surface area contributed by atoms with Crippen LogP contribution in [0, 0.1) is 11.3 Å². The molecule has 1 unspecified atom stereocenters. The number of aromatic nitrogens is 1. The number of nitriles is 1. The van der Waals surface area contributed by atoms with Crippen molar-refractivity contribution >= 4 is 28.3 Å². The van der Waals surface area contributed by atoms with Crippen LogP contribution in [0.2, 0.25) is 0 Å². The van der Waals surface area contributed by atoms with Gasteiger partial charge in [0.05, 0.1) is 11.6 Å². The smallest absolute Gasteiger partial charge is 0.263 e. The van der Waals surface area contributed by atoms with Gasteiger partial charge in [-0.25, -0.2) is 4.98 Å². The second-order valence-electron chi connectivity index (χ2n) is 6.88. The first-order valence-corrected chi connectivity index (χ1v) is 10.4. The van der Waals surface area contributed by atoms with Crippen LogP contribution >= 0.6 is 11.3 Å². The second kappa shape index (κ2) is 8.85. The Morgan fingerprint density at radius 2 is 2.00 bits per heavy atom. The largest absolute Gasteiger partial charge is 0.480 e. The number of hydrogen-bond acceptors (Lipinski definition) is 7. The van der Waals surface area contributed by atoms with E-state index in [1.54, 1.807) is 66.0 Å². The lowest BCUT2D eigenvalue weighted by atomic mass is 10.1. The van der Waals surface area contributed by atoms with E-state index in [1.165, 1.54) is 11.3 Å². The zero-order chi connectivity index (χ0) is 21.8. The second-order valence-corrected chi connectivity index (χ2v) is 7.77. The fraction of sp³-hybridized carbons (Fsp3) is 0.182. The van der Waals surface area contributed by atoms with Gasteiger partial charge in [-0.1, -0.05) is 0 Å². The summed E-state index contributed by atoms with van der Waals surface area (Å²) in [4.78, 5) is 30.6. The van der Waals surface area contributed by atoms with Gasteiger partial charge in [0.15, 0.2) is 11.2 Å². The molecule has 1 N–H and O–H groups in total. The van der Waals surface area contributed by atoms with Crippen molar-refractivity contribution in [2.45, 2.75) is 12.5 Å². The Bertz CT molecular complexity index is 1140. The lowest BCUT2D eigenvalue weighted by Crippen LogP contribution is -2.29. The molecule has 1 atom stereocenters. The number of amides is 2. The first kappa shape index (κ1) is 20.4. The Kier molecular flexibility index (Phi) is 5.82. The summed E-state index contributed by atoms with van der Waals surface area (Å²) in [6.07, 6.45) is 1.56. The zero-order valence-electron chi connectivity index (χ0n) is 16.6. The first-order chi connectivity index (χ1) is 15.0. The summed E-state index contributed by atoms with van der Waals surface area (Å²) < 4.78 is 11.8. The molecule has 31 heavy (non-hydrogen) atoms. The molecule has 0 saturated carbocycles. The summed E-state index contributed by atoms with van der Waals surface area (Å²) in [6.45, 7) is 0.613. The van der Waals surface area contributed by atoms with Crippen molar-refractivity contribution in [3.8, 4) is 23.3 Å². The average molecular weight is 434 g/mol. The molecule has 1 saturated heterocycles. The Morgan fingerprint density at radius 1 is 1.23 bits per heavy atom. The quantitative estimate of drug-likeness (QED) is 0.635. The molecule has 0 bridgehead atoms. The molecule has 3 aromatic rings. The molecule has 1 aliphatic rings. The first-order valence-electron chi connectivity index (χ1n) is 9.47. The van der Waals surface area contributed by atoms with Crippen molar-refractivity contribution in [1.29, 1.82) is 5.26 Å². The number of likely N-dealkylation sites (tertiary alicyclic amines) is 1. The number of rotatable bonds is 6. The van der Waals surface area contributed by atoms with E-state index >= 15 is 0 Å². The standard InChI is InChI=1S/C22H18N4O4S/c1-26-8-6-19(21(26)28)30-18-11-15(20(27)25-22-24-7-9-31-22)10-17(12-18)29-16-4-2-14(13-23)3-5-16/h2-5,7,9-12,19H,6,8H2,1H3,(H,24,25,27). The third-order valence-corrected chi connectivity index (χ3v) is 5.36. The van der Waals surface area contributed by atoms with E-state index in [4.69, 9.17) is 14.7 Å². The van der Waals surface area contributed by atoms with E-state index in [0.29, 0.717) is 46.5 Å². The van der Waals surface area contributed by atoms with Gasteiger partial charge in [-0.05, 0) is 36.4 Å². The molecular weight excluding hydrogens is 416 g/mol. The number of nitrogens with zero attached hydrogens (tertiary/aromatic N) is 3. The number of carbonyl (C=O) groups excluding carboxylic acids is 2. The van der Waals surface area contributed by atoms with Gasteiger partial charge in [-0.3, -0.25) is 14.9 Å². The minimum Gasteiger partial charge on any atom is -0.480 e. The van der Waals surface area contributed by atoms with E-state index in [9.17, 15) is 9.59 Å². The fourth-order valence-electron chi connectivity index (χ4n) is 3.08. The van der Waals surface area contributed by atoms with Crippen molar-refractivity contribution in [3.63, 3.8) is 0 Å². The van der Waals surface area contributed by atoms with Crippen molar-refractivity contribution in [3.05, 3.63) is 65.2 Å². The average Bonchev–Trinajstić information content (AvgIpc) is 3.39. The van der Waals surface area contributed by atoms with E-state index in [1.807, 2.05) is 0 Å². The topological polar surface area (TPSA) is 105 Å². The van der Waals surface area contributed by atoms with Crippen molar-refractivity contribution in [2.75, 3.05) is 18.9 Å². The van der Waals surface area contributed by atoms with Gasteiger partial charge in [-0.15, -0.1) is 11.3 Å². The maximum Gasteiger partial charge on any atom is 0.263 e. The third kappa shape index (κ3) is 4.82. The molecule has 8 nitrogen and oxygen atoms in total. The maximum atomic E-state index is 12.7. The van der Waals surface area contributed by atoms with E-state index in [-0.39, 0.29) is 11.8 Å². The Morgan fingerprint density at radius 3 is 2.65 bits per heavy atom. The highest BCUT2D eigenvalue weighted by molar-refractivity contribution is 7.13. The van der Waals surface area contributed by atoms with Crippen LogP contribution in [0.3, 0.4) is 0 Å². The number of benzene rings is 2. The van der Waals surface area contributed by atoms with Crippen LogP contribution in [0.15, 0.2) is 54.0 Å². The van der Waals surface area contributed by atoms with Gasteiger partial charge in [0.2, 0.25) is 0 Å². The molecule has 4 rings (SSSR count). The SMILES string of the molecule is CN1CCC(Oc2cc(Oc3ccc(C#N)cc3)cc(C(=O)Nc3nccs3)c2)C1=O. The number of carbonyl (C=O) groups is 2. The highest BCUT2D eigenvalue weighted by Gasteiger charge is 2.31. The minimum atomic E-state index is -0.606. The van der Waals surface area contributed by atoms with Crippen molar-refractivity contribution in [1.82, 2.24) is 9.88 Å². The van der Waals surface area contributed by atoms with Crippen molar-refractivity contribution in [2.24, 2.45) is 0 Å². The number of likely N-dealkylation sites (N-methyl/N-ethyl adjacent to an activating group) is 1. The molecule has 2 amide bonds. The maximum absolute atomic E-state index is 12.7. The molecule has 1 aliphatic heterocycles. The third-order valence-electron chi connectivity index (χ3n) is 4.67. The summed E-state index contributed by atoms with van der Waals surface area (Å²) in [5.41, 5.74) is 0.812. The van der Waals surface area contributed by atoms with E-state index in [2.05, 4.69) is 16.4 Å². The normalized spacial score (nSPS) is 15.4. The van der Waals surface area contributed by atoms with Gasteiger partial charge in [0.1, 0.15) is 17.2 Å². The van der Waals surface area contributed by atoms with Crippen molar-refractivity contribution < 1.29 is 19.1 Å². The van der Waals surface area contributed by atoms with E-state index < -0.39 is 6.10 Å². The molecule has 0 aliphatic carbocycles. The zero-order valence-corrected chi connectivity index (χ0v) is 17.4. The molecule has 156 valence electrons. The molecular formula is C22H18N4O4S. The van der Waals surface area contributed by atoms with Crippen LogP contribution in [0.4, 0.5) is 5.13 Å². The number of thiazole rings is 1. The molecule has 9 heteroatoms. The summed E-state index contributed by atoms with van der Waals surface area (Å²) in [6, 6.07) is 13.4. The monoisotopic (exact) mass is 434 g/mol. The lowest BCUT2D eigenvalue weighted by molar-refractivity contribution is -0.132. The van der Waals surface area contributed by atoms with Crippen LogP contribution in [0.25, 0.3) is 0 Å². The van der Waals surface area contributed by atoms with Gasteiger partial charge in [0.25, 0.3) is 11.8 Å². The molecule has 1 fully saturated rings. The number of hydrogen-bond donors (Lipinski definition) is 1. The molecule has 0 spiro atoms. The highest BCUT2D eigenvalue weighted by Crippen LogP contribution is 2.30. The Balaban J connectivity index is 1.61. The van der Waals surface area contributed by atoms with Crippen LogP contribution in [-0.4, -0.2) is 41.4 Å². The molecule has 0 radical (unpaired) electrons. The minimum absolute atomic E-state index is 0.104. The predicted molar refractivity (Wildman–Crippen MR) is 114 cm³/mol. The summed E-state index contributed by atoms with van der Waals surface area (Å²) >= 11 is 1.31. The number of nitrogens with one attached hydrogen (secondary N) is 1. The predicted octanol–water partition coefficient (Wildman–Crippen LogP) is 3.67. The Hall–Kier alpha value is -3.90.